The summed E-state index contributed by atoms with van der Waals surface area (Å²) in [5.41, 5.74) is 5.65. The molecule has 0 saturated carbocycles. The topological polar surface area (TPSA) is 64.8 Å². The van der Waals surface area contributed by atoms with Gasteiger partial charge in [-0.25, -0.2) is 0 Å². The summed E-state index contributed by atoms with van der Waals surface area (Å²) < 4.78 is 10.5. The Morgan fingerprint density at radius 2 is 1.58 bits per heavy atom. The second kappa shape index (κ2) is 25.8. The van der Waals surface area contributed by atoms with E-state index >= 15 is 0 Å². The third-order valence-electron chi connectivity index (χ3n) is 4.71. The summed E-state index contributed by atoms with van der Waals surface area (Å²) in [6, 6.07) is 5.34. The van der Waals surface area contributed by atoms with E-state index in [1.807, 2.05) is 64.7 Å². The van der Waals surface area contributed by atoms with E-state index in [2.05, 4.69) is 13.8 Å². The lowest BCUT2D eigenvalue weighted by Gasteiger charge is -2.31. The standard InChI is InChI=1S/C16H23NO3.C6H11N.3C2H6/c1-4-12-7-9-17(10-8-12)16(18)14-6-5-13(19-2)11-15(14)20-3;1-2-3-4-5-6-7;3*1-2/h5-6,11-12H,4,7-10H2,1-3H3;3-6H,2,7H2,1H3;3*1-2H3/b;4-3-,6-5+;;;. The minimum absolute atomic E-state index is 0.0547. The summed E-state index contributed by atoms with van der Waals surface area (Å²) in [6.45, 7) is 18.0. The van der Waals surface area contributed by atoms with Gasteiger partial charge in [-0.1, -0.05) is 74.0 Å². The van der Waals surface area contributed by atoms with Gasteiger partial charge in [0.2, 0.25) is 0 Å². The Hall–Kier alpha value is -2.43. The highest BCUT2D eigenvalue weighted by Gasteiger charge is 2.24. The number of methoxy groups -OCH3 is 2. The van der Waals surface area contributed by atoms with Gasteiger partial charge >= 0.3 is 0 Å². The minimum atomic E-state index is 0.0547. The number of piperidine rings is 1. The van der Waals surface area contributed by atoms with Crippen LogP contribution in [-0.4, -0.2) is 38.1 Å². The highest BCUT2D eigenvalue weighted by atomic mass is 16.5. The molecule has 0 spiro atoms. The van der Waals surface area contributed by atoms with Crippen LogP contribution in [0.15, 0.2) is 42.6 Å². The number of nitrogens with zero attached hydrogens (tertiary/aromatic N) is 1. The van der Waals surface area contributed by atoms with Crippen LogP contribution in [0, 0.1) is 5.92 Å². The first-order valence-corrected chi connectivity index (χ1v) is 12.7. The number of nitrogens with two attached hydrogens (primary N) is 1. The second-order valence-electron chi connectivity index (χ2n) is 6.43. The molecule has 1 aromatic rings. The number of allylic oxidation sites excluding steroid dienone is 3. The van der Waals surface area contributed by atoms with Gasteiger partial charge in [0.05, 0.1) is 19.8 Å². The van der Waals surface area contributed by atoms with Crippen molar-refractivity contribution < 1.29 is 14.3 Å². The van der Waals surface area contributed by atoms with Crippen LogP contribution >= 0.6 is 0 Å². The van der Waals surface area contributed by atoms with E-state index < -0.39 is 0 Å². The van der Waals surface area contributed by atoms with Gasteiger partial charge in [0, 0.05) is 19.2 Å². The summed E-state index contributed by atoms with van der Waals surface area (Å²) in [4.78, 5) is 14.5. The van der Waals surface area contributed by atoms with Crippen molar-refractivity contribution in [2.75, 3.05) is 27.3 Å². The Labute approximate surface area is 205 Å². The maximum Gasteiger partial charge on any atom is 0.257 e. The molecule has 0 aliphatic carbocycles. The molecular formula is C28H52N2O3. The molecule has 1 amide bonds. The van der Waals surface area contributed by atoms with Gasteiger partial charge in [-0.3, -0.25) is 4.79 Å². The van der Waals surface area contributed by atoms with Gasteiger partial charge in [-0.2, -0.15) is 0 Å². The van der Waals surface area contributed by atoms with E-state index in [-0.39, 0.29) is 5.91 Å². The van der Waals surface area contributed by atoms with Crippen LogP contribution in [0.2, 0.25) is 0 Å². The number of hydrogen-bond donors (Lipinski definition) is 1. The van der Waals surface area contributed by atoms with Crippen molar-refractivity contribution >= 4 is 5.91 Å². The van der Waals surface area contributed by atoms with Gasteiger partial charge in [0.25, 0.3) is 5.91 Å². The van der Waals surface area contributed by atoms with Crippen LogP contribution < -0.4 is 15.2 Å². The summed E-state index contributed by atoms with van der Waals surface area (Å²) in [5, 5.41) is 0. The van der Waals surface area contributed by atoms with Gasteiger partial charge < -0.3 is 20.1 Å². The number of hydrogen-bond acceptors (Lipinski definition) is 4. The quantitative estimate of drug-likeness (QED) is 0.443. The fourth-order valence-electron chi connectivity index (χ4n) is 2.97. The molecule has 1 aromatic carbocycles. The third-order valence-corrected chi connectivity index (χ3v) is 4.71. The molecule has 1 aliphatic heterocycles. The number of benzene rings is 1. The van der Waals surface area contributed by atoms with Gasteiger partial charge in [-0.15, -0.1) is 0 Å². The maximum absolute atomic E-state index is 12.6. The molecule has 1 saturated heterocycles. The smallest absolute Gasteiger partial charge is 0.257 e. The zero-order chi connectivity index (χ0) is 26.1. The van der Waals surface area contributed by atoms with Crippen molar-refractivity contribution in [3.8, 4) is 11.5 Å². The number of likely N-dealkylation sites (tertiary alicyclic amines) is 1. The van der Waals surface area contributed by atoms with Crippen LogP contribution in [0.4, 0.5) is 0 Å². The molecule has 0 bridgehead atoms. The lowest BCUT2D eigenvalue weighted by molar-refractivity contribution is 0.0685. The number of carbonyl (C=O) groups is 1. The van der Waals surface area contributed by atoms with E-state index in [9.17, 15) is 4.79 Å². The van der Waals surface area contributed by atoms with E-state index in [4.69, 9.17) is 15.2 Å². The molecule has 1 fully saturated rings. The van der Waals surface area contributed by atoms with Crippen molar-refractivity contribution in [1.82, 2.24) is 4.90 Å². The normalized spacial score (nSPS) is 12.7. The van der Waals surface area contributed by atoms with Gasteiger partial charge in [0.1, 0.15) is 11.5 Å². The van der Waals surface area contributed by atoms with Gasteiger partial charge in [-0.05, 0) is 49.6 Å². The fourth-order valence-corrected chi connectivity index (χ4v) is 2.97. The summed E-state index contributed by atoms with van der Waals surface area (Å²) in [5.74, 6) is 2.09. The zero-order valence-electron chi connectivity index (χ0n) is 23.1. The largest absolute Gasteiger partial charge is 0.497 e. The lowest BCUT2D eigenvalue weighted by atomic mass is 9.94. The zero-order valence-corrected chi connectivity index (χ0v) is 23.1. The van der Waals surface area contributed by atoms with Crippen LogP contribution in [0.1, 0.15) is 91.4 Å². The van der Waals surface area contributed by atoms with Crippen LogP contribution in [-0.2, 0) is 0 Å². The molecule has 1 aliphatic rings. The molecule has 33 heavy (non-hydrogen) atoms. The van der Waals surface area contributed by atoms with Crippen LogP contribution in [0.5, 0.6) is 11.5 Å². The summed E-state index contributed by atoms with van der Waals surface area (Å²) in [6.07, 6.45) is 11.8. The first-order chi connectivity index (χ1) is 16.1. The number of rotatable bonds is 6. The van der Waals surface area contributed by atoms with E-state index in [1.54, 1.807) is 32.4 Å². The Morgan fingerprint density at radius 3 is 2.00 bits per heavy atom. The maximum atomic E-state index is 12.6. The monoisotopic (exact) mass is 464 g/mol. The lowest BCUT2D eigenvalue weighted by Crippen LogP contribution is -2.38. The highest BCUT2D eigenvalue weighted by Crippen LogP contribution is 2.28. The molecule has 192 valence electrons. The van der Waals surface area contributed by atoms with Crippen molar-refractivity contribution in [3.63, 3.8) is 0 Å². The minimum Gasteiger partial charge on any atom is -0.497 e. The first-order valence-electron chi connectivity index (χ1n) is 12.7. The summed E-state index contributed by atoms with van der Waals surface area (Å²) >= 11 is 0. The Balaban J connectivity index is -0.000000583. The number of carbonyl (C=O) groups excluding carboxylic acids is 1. The molecule has 0 unspecified atom stereocenters. The average Bonchev–Trinajstić information content (AvgIpc) is 2.92. The highest BCUT2D eigenvalue weighted by molar-refractivity contribution is 5.97. The van der Waals surface area contributed by atoms with E-state index in [0.29, 0.717) is 17.1 Å². The molecule has 0 atom stereocenters. The van der Waals surface area contributed by atoms with Crippen molar-refractivity contribution in [1.29, 1.82) is 0 Å². The van der Waals surface area contributed by atoms with Gasteiger partial charge in [0.15, 0.2) is 0 Å². The first kappa shape index (κ1) is 35.2. The van der Waals surface area contributed by atoms with E-state index in [1.165, 1.54) is 12.6 Å². The third kappa shape index (κ3) is 15.1. The molecular weight excluding hydrogens is 412 g/mol. The second-order valence-corrected chi connectivity index (χ2v) is 6.43. The molecule has 1 heterocycles. The predicted octanol–water partition coefficient (Wildman–Crippen LogP) is 7.47. The Morgan fingerprint density at radius 1 is 1.00 bits per heavy atom. The average molecular weight is 465 g/mol. The molecule has 0 aromatic heterocycles. The van der Waals surface area contributed by atoms with Crippen molar-refractivity contribution in [3.05, 3.63) is 48.2 Å². The fraction of sp³-hybridized carbons (Fsp3) is 0.607. The summed E-state index contributed by atoms with van der Waals surface area (Å²) in [7, 11) is 3.18. The van der Waals surface area contributed by atoms with Crippen molar-refractivity contribution in [2.24, 2.45) is 11.7 Å². The van der Waals surface area contributed by atoms with E-state index in [0.717, 1.165) is 38.3 Å². The van der Waals surface area contributed by atoms with Crippen LogP contribution in [0.25, 0.3) is 0 Å². The molecule has 5 heteroatoms. The molecule has 2 N–H and O–H groups in total. The Bertz CT molecular complexity index is 620. The number of amides is 1. The molecule has 0 radical (unpaired) electrons. The van der Waals surface area contributed by atoms with Crippen molar-refractivity contribution in [2.45, 2.75) is 81.1 Å². The molecule has 5 nitrogen and oxygen atoms in total. The SMILES string of the molecule is CC.CC.CC.CC/C=C\C=C\N.CCC1CCN(C(=O)c2ccc(OC)cc2OC)CC1. The number of ether oxygens (including phenoxy) is 2. The Kier molecular flexibility index (Phi) is 27.5. The van der Waals surface area contributed by atoms with Crippen LogP contribution in [0.3, 0.4) is 0 Å². The predicted molar refractivity (Wildman–Crippen MR) is 145 cm³/mol. The molecule has 2 rings (SSSR count).